The third-order valence-electron chi connectivity index (χ3n) is 3.54. The summed E-state index contributed by atoms with van der Waals surface area (Å²) in [7, 11) is 0. The molecule has 1 saturated heterocycles. The first-order valence-electron chi connectivity index (χ1n) is 7.54. The zero-order chi connectivity index (χ0) is 13.7. The molecule has 1 fully saturated rings. The number of hydrogen-bond acceptors (Lipinski definition) is 2. The van der Waals surface area contributed by atoms with Crippen molar-refractivity contribution in [3.8, 4) is 5.75 Å². The summed E-state index contributed by atoms with van der Waals surface area (Å²) in [5.74, 6) is 0.965. The van der Waals surface area contributed by atoms with Crippen molar-refractivity contribution in [3.63, 3.8) is 0 Å². The van der Waals surface area contributed by atoms with Crippen LogP contribution in [0.25, 0.3) is 0 Å². The summed E-state index contributed by atoms with van der Waals surface area (Å²) in [5.41, 5.74) is 1.29. The van der Waals surface area contributed by atoms with E-state index >= 15 is 0 Å². The number of hydrogen-bond donors (Lipinski definition) is 1. The van der Waals surface area contributed by atoms with Crippen LogP contribution in [-0.4, -0.2) is 18.2 Å². The molecule has 106 valence electrons. The molecule has 1 heterocycles. The Kier molecular flexibility index (Phi) is 4.87. The predicted octanol–water partition coefficient (Wildman–Crippen LogP) is 3.94. The molecule has 1 aliphatic heterocycles. The van der Waals surface area contributed by atoms with Crippen LogP contribution in [0.2, 0.25) is 0 Å². The Morgan fingerprint density at radius 2 is 1.89 bits per heavy atom. The van der Waals surface area contributed by atoms with Crippen molar-refractivity contribution in [1.29, 1.82) is 0 Å². The second kappa shape index (κ2) is 6.42. The largest absolute Gasteiger partial charge is 0.488 e. The fourth-order valence-corrected chi connectivity index (χ4v) is 2.59. The highest BCUT2D eigenvalue weighted by Gasteiger charge is 2.13. The molecule has 0 aliphatic carbocycles. The van der Waals surface area contributed by atoms with Crippen LogP contribution in [0.5, 0.6) is 5.75 Å². The Balaban J connectivity index is 1.81. The average Bonchev–Trinajstić information content (AvgIpc) is 2.37. The van der Waals surface area contributed by atoms with Crippen LogP contribution in [0, 0.1) is 0 Å². The lowest BCUT2D eigenvalue weighted by molar-refractivity contribution is 0.131. The highest BCUT2D eigenvalue weighted by Crippen LogP contribution is 2.20. The van der Waals surface area contributed by atoms with Crippen molar-refractivity contribution in [2.24, 2.45) is 0 Å². The minimum Gasteiger partial charge on any atom is -0.488 e. The van der Waals surface area contributed by atoms with E-state index in [1.165, 1.54) is 37.8 Å². The van der Waals surface area contributed by atoms with E-state index in [-0.39, 0.29) is 5.60 Å². The zero-order valence-corrected chi connectivity index (χ0v) is 12.5. The molecule has 2 rings (SSSR count). The summed E-state index contributed by atoms with van der Waals surface area (Å²) in [6.07, 6.45) is 6.48. The Labute approximate surface area is 117 Å². The molecule has 1 N–H and O–H groups in total. The van der Waals surface area contributed by atoms with Gasteiger partial charge in [-0.25, -0.2) is 0 Å². The minimum absolute atomic E-state index is 0.118. The van der Waals surface area contributed by atoms with Crippen LogP contribution in [0.3, 0.4) is 0 Å². The fourth-order valence-electron chi connectivity index (χ4n) is 2.59. The van der Waals surface area contributed by atoms with E-state index in [1.807, 2.05) is 0 Å². The Morgan fingerprint density at radius 1 is 1.16 bits per heavy atom. The molecule has 1 aliphatic rings. The molecule has 2 heteroatoms. The van der Waals surface area contributed by atoms with Gasteiger partial charge in [0.1, 0.15) is 11.4 Å². The molecule has 0 radical (unpaired) electrons. The molecular formula is C17H27NO. The molecule has 2 nitrogen and oxygen atoms in total. The maximum atomic E-state index is 5.84. The summed E-state index contributed by atoms with van der Waals surface area (Å²) < 4.78 is 5.84. The highest BCUT2D eigenvalue weighted by molar-refractivity contribution is 5.27. The quantitative estimate of drug-likeness (QED) is 0.886. The van der Waals surface area contributed by atoms with Crippen LogP contribution >= 0.6 is 0 Å². The van der Waals surface area contributed by atoms with Gasteiger partial charge in [-0.3, -0.25) is 0 Å². The number of aryl methyl sites for hydroxylation is 1. The van der Waals surface area contributed by atoms with Crippen molar-refractivity contribution in [1.82, 2.24) is 5.32 Å². The Morgan fingerprint density at radius 3 is 2.47 bits per heavy atom. The summed E-state index contributed by atoms with van der Waals surface area (Å²) in [4.78, 5) is 0. The van der Waals surface area contributed by atoms with Crippen LogP contribution in [0.1, 0.15) is 52.0 Å². The van der Waals surface area contributed by atoms with Gasteiger partial charge in [0.05, 0.1) is 0 Å². The summed E-state index contributed by atoms with van der Waals surface area (Å²) >= 11 is 0. The lowest BCUT2D eigenvalue weighted by Crippen LogP contribution is -2.34. The standard InChI is InChI=1S/C17H27NO/c1-17(2,3)19-16-11-8-14(9-12-16)7-10-15-6-4-5-13-18-15/h8-9,11-12,15,18H,4-7,10,13H2,1-3H3/t15-/m1/s1. The third kappa shape index (κ3) is 5.23. The zero-order valence-electron chi connectivity index (χ0n) is 12.5. The number of benzene rings is 1. The molecule has 1 aromatic carbocycles. The number of rotatable bonds is 4. The SMILES string of the molecule is CC(C)(C)Oc1ccc(CC[C@H]2CCCCN2)cc1. The van der Waals surface area contributed by atoms with E-state index in [9.17, 15) is 0 Å². The van der Waals surface area contributed by atoms with Gasteiger partial charge in [-0.15, -0.1) is 0 Å². The molecule has 0 saturated carbocycles. The van der Waals surface area contributed by atoms with Crippen LogP contribution in [0.15, 0.2) is 24.3 Å². The van der Waals surface area contributed by atoms with E-state index in [0.29, 0.717) is 0 Å². The topological polar surface area (TPSA) is 21.3 Å². The van der Waals surface area contributed by atoms with Crippen molar-refractivity contribution in [2.75, 3.05) is 6.54 Å². The molecule has 0 bridgehead atoms. The van der Waals surface area contributed by atoms with Crippen molar-refractivity contribution < 1.29 is 4.74 Å². The van der Waals surface area contributed by atoms with Gasteiger partial charge in [0.2, 0.25) is 0 Å². The average molecular weight is 261 g/mol. The monoisotopic (exact) mass is 261 g/mol. The maximum absolute atomic E-state index is 5.84. The number of nitrogens with one attached hydrogen (secondary N) is 1. The normalized spacial score (nSPS) is 20.3. The lowest BCUT2D eigenvalue weighted by atomic mass is 9.98. The summed E-state index contributed by atoms with van der Waals surface area (Å²) in [6.45, 7) is 7.43. The van der Waals surface area contributed by atoms with Crippen molar-refractivity contribution in [2.45, 2.75) is 64.5 Å². The Bertz CT molecular complexity index is 371. The smallest absolute Gasteiger partial charge is 0.120 e. The predicted molar refractivity (Wildman–Crippen MR) is 80.8 cm³/mol. The summed E-state index contributed by atoms with van der Waals surface area (Å²) in [5, 5.41) is 3.61. The van der Waals surface area contributed by atoms with E-state index in [0.717, 1.165) is 18.2 Å². The van der Waals surface area contributed by atoms with Crippen molar-refractivity contribution >= 4 is 0 Å². The third-order valence-corrected chi connectivity index (χ3v) is 3.54. The molecule has 1 atom stereocenters. The van der Waals surface area contributed by atoms with Gasteiger partial charge >= 0.3 is 0 Å². The van der Waals surface area contributed by atoms with E-state index < -0.39 is 0 Å². The molecule has 0 amide bonds. The maximum Gasteiger partial charge on any atom is 0.120 e. The highest BCUT2D eigenvalue weighted by atomic mass is 16.5. The van der Waals surface area contributed by atoms with Crippen LogP contribution in [0.4, 0.5) is 0 Å². The van der Waals surface area contributed by atoms with Gasteiger partial charge in [-0.1, -0.05) is 18.6 Å². The van der Waals surface area contributed by atoms with E-state index in [2.05, 4.69) is 50.4 Å². The van der Waals surface area contributed by atoms with Crippen molar-refractivity contribution in [3.05, 3.63) is 29.8 Å². The molecule has 0 unspecified atom stereocenters. The Hall–Kier alpha value is -1.02. The van der Waals surface area contributed by atoms with E-state index in [1.54, 1.807) is 0 Å². The van der Waals surface area contributed by atoms with Gasteiger partial charge in [-0.2, -0.15) is 0 Å². The van der Waals surface area contributed by atoms with Gasteiger partial charge in [0, 0.05) is 6.04 Å². The first-order valence-corrected chi connectivity index (χ1v) is 7.54. The first kappa shape index (κ1) is 14.4. The first-order chi connectivity index (χ1) is 9.03. The number of ether oxygens (including phenoxy) is 1. The summed E-state index contributed by atoms with van der Waals surface area (Å²) in [6, 6.07) is 9.30. The fraction of sp³-hybridized carbons (Fsp3) is 0.647. The lowest BCUT2D eigenvalue weighted by Gasteiger charge is -2.23. The van der Waals surface area contributed by atoms with Gasteiger partial charge < -0.3 is 10.1 Å². The van der Waals surface area contributed by atoms with Gasteiger partial charge in [0.15, 0.2) is 0 Å². The van der Waals surface area contributed by atoms with Crippen LogP contribution < -0.4 is 10.1 Å². The number of piperidine rings is 1. The van der Waals surface area contributed by atoms with E-state index in [4.69, 9.17) is 4.74 Å². The second-order valence-corrected chi connectivity index (χ2v) is 6.54. The molecular weight excluding hydrogens is 234 g/mol. The van der Waals surface area contributed by atoms with Crippen LogP contribution in [-0.2, 0) is 6.42 Å². The second-order valence-electron chi connectivity index (χ2n) is 6.54. The molecule has 0 aromatic heterocycles. The molecule has 19 heavy (non-hydrogen) atoms. The van der Waals surface area contributed by atoms with Gasteiger partial charge in [0.25, 0.3) is 0 Å². The van der Waals surface area contributed by atoms with Gasteiger partial charge in [-0.05, 0) is 70.7 Å². The molecule has 1 aromatic rings. The molecule has 0 spiro atoms. The minimum atomic E-state index is -0.118.